The van der Waals surface area contributed by atoms with Crippen LogP contribution >= 0.6 is 0 Å². The summed E-state index contributed by atoms with van der Waals surface area (Å²) in [6.07, 6.45) is 2.30. The summed E-state index contributed by atoms with van der Waals surface area (Å²) in [7, 11) is 0. The summed E-state index contributed by atoms with van der Waals surface area (Å²) >= 11 is 0. The van der Waals surface area contributed by atoms with E-state index in [1.54, 1.807) is 12.1 Å². The Bertz CT molecular complexity index is 477. The van der Waals surface area contributed by atoms with E-state index in [-0.39, 0.29) is 10.6 Å². The molecule has 0 aromatic heterocycles. The molecule has 0 saturated carbocycles. The van der Waals surface area contributed by atoms with Crippen LogP contribution < -0.4 is 4.90 Å². The lowest BCUT2D eigenvalue weighted by Gasteiger charge is -2.40. The van der Waals surface area contributed by atoms with E-state index < -0.39 is 0 Å². The van der Waals surface area contributed by atoms with Gasteiger partial charge in [-0.3, -0.25) is 15.0 Å². The molecule has 0 atom stereocenters. The Morgan fingerprint density at radius 2 is 1.67 bits per heavy atom. The highest BCUT2D eigenvalue weighted by Gasteiger charge is 2.25. The first-order valence-electron chi connectivity index (χ1n) is 7.55. The van der Waals surface area contributed by atoms with Gasteiger partial charge in [-0.15, -0.1) is 0 Å². The number of benzene rings is 1. The van der Waals surface area contributed by atoms with Crippen molar-refractivity contribution in [2.24, 2.45) is 0 Å². The first-order valence-corrected chi connectivity index (χ1v) is 7.55. The van der Waals surface area contributed by atoms with Gasteiger partial charge in [-0.2, -0.15) is 0 Å². The summed E-state index contributed by atoms with van der Waals surface area (Å²) in [5, 5.41) is 10.7. The molecule has 21 heavy (non-hydrogen) atoms. The highest BCUT2D eigenvalue weighted by Crippen LogP contribution is 2.25. The molecular weight excluding hydrogens is 270 g/mol. The van der Waals surface area contributed by atoms with Gasteiger partial charge in [0.1, 0.15) is 0 Å². The summed E-state index contributed by atoms with van der Waals surface area (Å²) < 4.78 is 5.40. The molecule has 2 heterocycles. The monoisotopic (exact) mass is 291 g/mol. The fourth-order valence-corrected chi connectivity index (χ4v) is 3.22. The maximum absolute atomic E-state index is 10.7. The van der Waals surface area contributed by atoms with Crippen LogP contribution in [0.4, 0.5) is 11.4 Å². The van der Waals surface area contributed by atoms with Gasteiger partial charge >= 0.3 is 0 Å². The number of nitro benzene ring substituents is 1. The van der Waals surface area contributed by atoms with Crippen molar-refractivity contribution >= 4 is 11.4 Å². The van der Waals surface area contributed by atoms with Gasteiger partial charge in [0.2, 0.25) is 0 Å². The summed E-state index contributed by atoms with van der Waals surface area (Å²) in [4.78, 5) is 15.2. The average molecular weight is 291 g/mol. The van der Waals surface area contributed by atoms with E-state index in [0.29, 0.717) is 6.04 Å². The van der Waals surface area contributed by atoms with Gasteiger partial charge < -0.3 is 9.64 Å². The minimum absolute atomic E-state index is 0.155. The molecule has 2 aliphatic rings. The zero-order valence-corrected chi connectivity index (χ0v) is 12.1. The summed E-state index contributed by atoms with van der Waals surface area (Å²) in [5.74, 6) is 0. The molecule has 0 aliphatic carbocycles. The Balaban J connectivity index is 1.56. The quantitative estimate of drug-likeness (QED) is 0.629. The molecule has 0 spiro atoms. The Morgan fingerprint density at radius 3 is 2.24 bits per heavy atom. The Morgan fingerprint density at radius 1 is 1.05 bits per heavy atom. The predicted octanol–water partition coefficient (Wildman–Crippen LogP) is 1.90. The van der Waals surface area contributed by atoms with Crippen LogP contribution in [0.5, 0.6) is 0 Å². The molecule has 2 saturated heterocycles. The molecule has 0 N–H and O–H groups in total. The highest BCUT2D eigenvalue weighted by molar-refractivity contribution is 5.51. The SMILES string of the molecule is O=[N+]([O-])c1ccc(N2CCC(N3CCOCC3)CC2)cc1. The van der Waals surface area contributed by atoms with Gasteiger partial charge in [-0.1, -0.05) is 0 Å². The molecule has 114 valence electrons. The normalized spacial score (nSPS) is 21.4. The van der Waals surface area contributed by atoms with E-state index in [0.717, 1.165) is 57.9 Å². The summed E-state index contributed by atoms with van der Waals surface area (Å²) in [6, 6.07) is 7.54. The maximum Gasteiger partial charge on any atom is 0.269 e. The van der Waals surface area contributed by atoms with E-state index in [1.165, 1.54) is 0 Å². The number of anilines is 1. The minimum Gasteiger partial charge on any atom is -0.379 e. The van der Waals surface area contributed by atoms with Crippen molar-refractivity contribution in [2.75, 3.05) is 44.3 Å². The van der Waals surface area contributed by atoms with Crippen LogP contribution in [0.2, 0.25) is 0 Å². The van der Waals surface area contributed by atoms with Crippen LogP contribution in [0, 0.1) is 10.1 Å². The van der Waals surface area contributed by atoms with Crippen molar-refractivity contribution in [3.63, 3.8) is 0 Å². The molecule has 0 radical (unpaired) electrons. The first-order chi connectivity index (χ1) is 10.2. The second kappa shape index (κ2) is 6.41. The first kappa shape index (κ1) is 14.3. The van der Waals surface area contributed by atoms with E-state index >= 15 is 0 Å². The molecule has 1 aromatic rings. The molecule has 0 bridgehead atoms. The number of nitro groups is 1. The fourth-order valence-electron chi connectivity index (χ4n) is 3.22. The topological polar surface area (TPSA) is 58.9 Å². The van der Waals surface area contributed by atoms with Gasteiger partial charge in [0.15, 0.2) is 0 Å². The number of non-ortho nitro benzene ring substituents is 1. The minimum atomic E-state index is -0.353. The lowest BCUT2D eigenvalue weighted by atomic mass is 10.0. The van der Waals surface area contributed by atoms with Crippen molar-refractivity contribution in [2.45, 2.75) is 18.9 Å². The molecule has 0 unspecified atom stereocenters. The molecule has 6 heteroatoms. The van der Waals surface area contributed by atoms with Gasteiger partial charge in [0.25, 0.3) is 5.69 Å². The van der Waals surface area contributed by atoms with Gasteiger partial charge in [0.05, 0.1) is 18.1 Å². The lowest BCUT2D eigenvalue weighted by molar-refractivity contribution is -0.384. The molecular formula is C15H21N3O3. The van der Waals surface area contributed by atoms with Gasteiger partial charge in [0, 0.05) is 50.0 Å². The molecule has 2 aliphatic heterocycles. The molecule has 1 aromatic carbocycles. The standard InChI is InChI=1S/C15H21N3O3/c19-18(20)15-3-1-13(2-4-15)16-7-5-14(6-8-16)17-9-11-21-12-10-17/h1-4,14H,5-12H2. The van der Waals surface area contributed by atoms with Crippen molar-refractivity contribution < 1.29 is 9.66 Å². The third-order valence-corrected chi connectivity index (χ3v) is 4.45. The Hall–Kier alpha value is -1.66. The highest BCUT2D eigenvalue weighted by atomic mass is 16.6. The van der Waals surface area contributed by atoms with Crippen LogP contribution in [0.3, 0.4) is 0 Å². The van der Waals surface area contributed by atoms with Crippen molar-refractivity contribution in [3.8, 4) is 0 Å². The summed E-state index contributed by atoms with van der Waals surface area (Å²) in [5.41, 5.74) is 1.24. The Kier molecular flexibility index (Phi) is 4.36. The largest absolute Gasteiger partial charge is 0.379 e. The Labute approximate surface area is 124 Å². The van der Waals surface area contributed by atoms with Crippen LogP contribution in [0.1, 0.15) is 12.8 Å². The number of hydrogen-bond donors (Lipinski definition) is 0. The third-order valence-electron chi connectivity index (χ3n) is 4.45. The van der Waals surface area contributed by atoms with Gasteiger partial charge in [-0.05, 0) is 25.0 Å². The molecule has 0 amide bonds. The number of rotatable bonds is 3. The van der Waals surface area contributed by atoms with E-state index in [9.17, 15) is 10.1 Å². The fraction of sp³-hybridized carbons (Fsp3) is 0.600. The van der Waals surface area contributed by atoms with Crippen LogP contribution in [0.25, 0.3) is 0 Å². The van der Waals surface area contributed by atoms with Crippen LogP contribution in [-0.4, -0.2) is 55.3 Å². The maximum atomic E-state index is 10.7. The average Bonchev–Trinajstić information content (AvgIpc) is 2.56. The number of ether oxygens (including phenoxy) is 1. The second-order valence-corrected chi connectivity index (χ2v) is 5.64. The summed E-state index contributed by atoms with van der Waals surface area (Å²) in [6.45, 7) is 5.81. The van der Waals surface area contributed by atoms with Crippen LogP contribution in [-0.2, 0) is 4.74 Å². The zero-order chi connectivity index (χ0) is 14.7. The number of hydrogen-bond acceptors (Lipinski definition) is 5. The van der Waals surface area contributed by atoms with Crippen molar-refractivity contribution in [3.05, 3.63) is 34.4 Å². The number of nitrogens with zero attached hydrogens (tertiary/aromatic N) is 3. The van der Waals surface area contributed by atoms with Gasteiger partial charge in [-0.25, -0.2) is 0 Å². The lowest BCUT2D eigenvalue weighted by Crippen LogP contribution is -2.49. The van der Waals surface area contributed by atoms with Crippen molar-refractivity contribution in [1.82, 2.24) is 4.90 Å². The smallest absolute Gasteiger partial charge is 0.269 e. The predicted molar refractivity (Wildman–Crippen MR) is 80.7 cm³/mol. The molecule has 3 rings (SSSR count). The zero-order valence-electron chi connectivity index (χ0n) is 12.1. The number of piperidine rings is 1. The van der Waals surface area contributed by atoms with Crippen molar-refractivity contribution in [1.29, 1.82) is 0 Å². The van der Waals surface area contributed by atoms with E-state index in [2.05, 4.69) is 9.80 Å². The van der Waals surface area contributed by atoms with Crippen LogP contribution in [0.15, 0.2) is 24.3 Å². The third kappa shape index (κ3) is 3.33. The van der Waals surface area contributed by atoms with E-state index in [4.69, 9.17) is 4.74 Å². The molecule has 2 fully saturated rings. The number of morpholine rings is 1. The second-order valence-electron chi connectivity index (χ2n) is 5.64. The molecule has 6 nitrogen and oxygen atoms in total. The van der Waals surface area contributed by atoms with E-state index in [1.807, 2.05) is 12.1 Å².